The molecule has 0 radical (unpaired) electrons. The van der Waals surface area contributed by atoms with Gasteiger partial charge < -0.3 is 0 Å². The van der Waals surface area contributed by atoms with Gasteiger partial charge in [-0.25, -0.2) is 0 Å². The number of rotatable bonds is 1. The van der Waals surface area contributed by atoms with Crippen molar-refractivity contribution >= 4 is 10.8 Å². The van der Waals surface area contributed by atoms with Crippen LogP contribution in [0.3, 0.4) is 0 Å². The molecular weight excluding hydrogens is 295 g/mol. The molecule has 0 saturated heterocycles. The molecule has 0 N–H and O–H groups in total. The van der Waals surface area contributed by atoms with Crippen molar-refractivity contribution in [3.05, 3.63) is 41.0 Å². The first-order valence-electron chi connectivity index (χ1n) is 6.92. The van der Waals surface area contributed by atoms with Crippen LogP contribution < -0.4 is 0 Å². The number of aryl methyl sites for hydroxylation is 2. The normalized spacial score (nSPS) is 16.8. The van der Waals surface area contributed by atoms with Crippen molar-refractivity contribution < 1.29 is 26.2 Å². The van der Waals surface area contributed by atoms with Gasteiger partial charge in [0.15, 0.2) is 0 Å². The van der Waals surface area contributed by atoms with E-state index in [1.54, 1.807) is 5.56 Å². The Morgan fingerprint density at radius 3 is 2.50 bits per heavy atom. The third kappa shape index (κ3) is 2.52. The molecule has 0 atom stereocenters. The van der Waals surface area contributed by atoms with Crippen molar-refractivity contribution in [2.24, 2.45) is 0 Å². The van der Waals surface area contributed by atoms with E-state index in [4.69, 9.17) is 0 Å². The summed E-state index contributed by atoms with van der Waals surface area (Å²) in [5, 5.41) is 3.00. The second-order valence-electron chi connectivity index (χ2n) is 5.67. The molecule has 1 aliphatic carbocycles. The molecule has 0 aliphatic heterocycles. The van der Waals surface area contributed by atoms with Gasteiger partial charge in [-0.05, 0) is 18.8 Å². The van der Waals surface area contributed by atoms with E-state index in [0.717, 1.165) is 5.92 Å². The van der Waals surface area contributed by atoms with Gasteiger partial charge in [0.05, 0.1) is 0 Å². The second kappa shape index (κ2) is 5.78. The fourth-order valence-corrected chi connectivity index (χ4v) is 3.38. The Morgan fingerprint density at radius 1 is 1.06 bits per heavy atom. The zero-order valence-corrected chi connectivity index (χ0v) is 13.9. The van der Waals surface area contributed by atoms with Gasteiger partial charge in [-0.1, -0.05) is 44.7 Å². The van der Waals surface area contributed by atoms with Crippen LogP contribution in [0.2, 0.25) is 0 Å². The minimum Gasteiger partial charge on any atom is -0.165 e. The topological polar surface area (TPSA) is 0 Å². The number of hydrogen-bond acceptors (Lipinski definition) is 0. The SMILES string of the molecule is Cc1cc2c(C3CCCCC3)ccc(C)c2[cH-]1.[Zr]. The van der Waals surface area contributed by atoms with E-state index in [2.05, 4.69) is 38.1 Å². The van der Waals surface area contributed by atoms with Crippen LogP contribution >= 0.6 is 0 Å². The molecule has 2 aromatic carbocycles. The molecule has 1 fully saturated rings. The van der Waals surface area contributed by atoms with E-state index >= 15 is 0 Å². The van der Waals surface area contributed by atoms with Gasteiger partial charge in [-0.3, -0.25) is 0 Å². The second-order valence-corrected chi connectivity index (χ2v) is 5.67. The van der Waals surface area contributed by atoms with Crippen molar-refractivity contribution in [1.29, 1.82) is 0 Å². The summed E-state index contributed by atoms with van der Waals surface area (Å²) in [6.45, 7) is 4.44. The maximum absolute atomic E-state index is 2.38. The van der Waals surface area contributed by atoms with Crippen molar-refractivity contribution in [3.63, 3.8) is 0 Å². The Morgan fingerprint density at radius 2 is 1.78 bits per heavy atom. The quantitative estimate of drug-likeness (QED) is 0.633. The van der Waals surface area contributed by atoms with Gasteiger partial charge in [-0.15, -0.1) is 34.0 Å². The van der Waals surface area contributed by atoms with E-state index in [1.807, 2.05) is 0 Å². The van der Waals surface area contributed by atoms with Gasteiger partial charge in [0, 0.05) is 26.2 Å². The monoisotopic (exact) mass is 315 g/mol. The molecule has 0 heterocycles. The fraction of sp³-hybridized carbons (Fsp3) is 0.471. The number of hydrogen-bond donors (Lipinski definition) is 0. The Labute approximate surface area is 129 Å². The zero-order chi connectivity index (χ0) is 11.8. The first-order chi connectivity index (χ1) is 8.25. The van der Waals surface area contributed by atoms with Gasteiger partial charge >= 0.3 is 0 Å². The van der Waals surface area contributed by atoms with Gasteiger partial charge in [0.2, 0.25) is 0 Å². The van der Waals surface area contributed by atoms with Crippen LogP contribution in [0.5, 0.6) is 0 Å². The third-order valence-corrected chi connectivity index (χ3v) is 4.33. The standard InChI is InChI=1S/C17H21.Zr/c1-12-10-16-13(2)8-9-15(17(16)11-12)14-6-4-3-5-7-14;/h8-11,14H,3-7H2,1-2H3;/q-1;. The summed E-state index contributed by atoms with van der Waals surface area (Å²) < 4.78 is 0. The van der Waals surface area contributed by atoms with E-state index < -0.39 is 0 Å². The van der Waals surface area contributed by atoms with Crippen molar-refractivity contribution in [3.8, 4) is 0 Å². The summed E-state index contributed by atoms with van der Waals surface area (Å²) in [6.07, 6.45) is 7.05. The minimum atomic E-state index is 0. The summed E-state index contributed by atoms with van der Waals surface area (Å²) in [6, 6.07) is 9.42. The molecule has 2 aromatic rings. The molecule has 1 heteroatoms. The third-order valence-electron chi connectivity index (χ3n) is 4.33. The van der Waals surface area contributed by atoms with Crippen LogP contribution in [0.15, 0.2) is 24.3 Å². The van der Waals surface area contributed by atoms with Crippen LogP contribution in [0, 0.1) is 13.8 Å². The summed E-state index contributed by atoms with van der Waals surface area (Å²) in [4.78, 5) is 0. The van der Waals surface area contributed by atoms with Crippen LogP contribution in [0.25, 0.3) is 10.8 Å². The van der Waals surface area contributed by atoms with Crippen LogP contribution in [0.4, 0.5) is 0 Å². The van der Waals surface area contributed by atoms with Crippen molar-refractivity contribution in [2.75, 3.05) is 0 Å². The molecule has 0 spiro atoms. The fourth-order valence-electron chi connectivity index (χ4n) is 3.38. The maximum Gasteiger partial charge on any atom is 0 e. The minimum absolute atomic E-state index is 0. The summed E-state index contributed by atoms with van der Waals surface area (Å²) in [7, 11) is 0. The molecule has 0 unspecified atom stereocenters. The summed E-state index contributed by atoms with van der Waals surface area (Å²) in [5.74, 6) is 0.814. The molecule has 94 valence electrons. The molecule has 3 rings (SSSR count). The van der Waals surface area contributed by atoms with Crippen LogP contribution in [-0.4, -0.2) is 0 Å². The molecule has 0 aromatic heterocycles. The Balaban J connectivity index is 0.00000120. The summed E-state index contributed by atoms with van der Waals surface area (Å²) in [5.41, 5.74) is 4.44. The average molecular weight is 317 g/mol. The first kappa shape index (κ1) is 14.1. The van der Waals surface area contributed by atoms with Crippen LogP contribution in [0.1, 0.15) is 54.7 Å². The van der Waals surface area contributed by atoms with Crippen LogP contribution in [-0.2, 0) is 26.2 Å². The summed E-state index contributed by atoms with van der Waals surface area (Å²) >= 11 is 0. The van der Waals surface area contributed by atoms with E-state index in [9.17, 15) is 0 Å². The molecule has 0 amide bonds. The predicted molar refractivity (Wildman–Crippen MR) is 74.8 cm³/mol. The molecular formula is C17H21Zr-. The number of benzene rings is 1. The molecule has 1 aliphatic rings. The predicted octanol–water partition coefficient (Wildman–Crippen LogP) is 5.22. The van der Waals surface area contributed by atoms with E-state index in [-0.39, 0.29) is 26.2 Å². The average Bonchev–Trinajstić information content (AvgIpc) is 2.73. The zero-order valence-electron chi connectivity index (χ0n) is 11.4. The van der Waals surface area contributed by atoms with E-state index in [1.165, 1.54) is 54.0 Å². The number of fused-ring (bicyclic) bond motifs is 1. The van der Waals surface area contributed by atoms with Gasteiger partial charge in [0.25, 0.3) is 0 Å². The Bertz CT molecular complexity index is 530. The molecule has 1 saturated carbocycles. The smallest absolute Gasteiger partial charge is 0 e. The molecule has 18 heavy (non-hydrogen) atoms. The van der Waals surface area contributed by atoms with Gasteiger partial charge in [-0.2, -0.15) is 6.07 Å². The first-order valence-corrected chi connectivity index (χ1v) is 6.92. The Hall–Kier alpha value is -0.287. The van der Waals surface area contributed by atoms with Crippen molar-refractivity contribution in [2.45, 2.75) is 51.9 Å². The van der Waals surface area contributed by atoms with Crippen molar-refractivity contribution in [1.82, 2.24) is 0 Å². The molecule has 0 bridgehead atoms. The van der Waals surface area contributed by atoms with Gasteiger partial charge in [0.1, 0.15) is 0 Å². The molecule has 0 nitrogen and oxygen atoms in total. The van der Waals surface area contributed by atoms with E-state index in [0.29, 0.717) is 0 Å². The maximum atomic E-state index is 2.38. The Kier molecular flexibility index (Phi) is 4.54. The largest absolute Gasteiger partial charge is 0.165 e.